The molecule has 6 nitrogen and oxygen atoms in total. The molecule has 0 radical (unpaired) electrons. The number of fused-ring (bicyclic) bond motifs is 2. The fourth-order valence-electron chi connectivity index (χ4n) is 4.06. The van der Waals surface area contributed by atoms with Gasteiger partial charge in [0.15, 0.2) is 6.61 Å². The van der Waals surface area contributed by atoms with Crippen LogP contribution in [0.2, 0.25) is 0 Å². The Labute approximate surface area is 187 Å². The number of nitrogens with zero attached hydrogens (tertiary/aromatic N) is 1. The third kappa shape index (κ3) is 4.49. The fraction of sp³-hybridized carbons (Fsp3) is 0.269. The number of methoxy groups -OCH3 is 1. The number of benzene rings is 2. The summed E-state index contributed by atoms with van der Waals surface area (Å²) in [5.41, 5.74) is 5.09. The van der Waals surface area contributed by atoms with Gasteiger partial charge in [-0.15, -0.1) is 0 Å². The van der Waals surface area contributed by atoms with Crippen LogP contribution in [-0.2, 0) is 16.0 Å². The van der Waals surface area contributed by atoms with Crippen LogP contribution in [0.15, 0.2) is 48.5 Å². The average Bonchev–Trinajstić information content (AvgIpc) is 2.82. The Morgan fingerprint density at radius 2 is 1.88 bits per heavy atom. The first kappa shape index (κ1) is 21.6. The Bertz CT molecular complexity index is 1180. The second kappa shape index (κ2) is 9.64. The number of carbonyl (C=O) groups excluding carboxylic acids is 2. The van der Waals surface area contributed by atoms with Crippen molar-refractivity contribution < 1.29 is 19.1 Å². The molecule has 164 valence electrons. The lowest BCUT2D eigenvalue weighted by atomic mass is 9.86. The van der Waals surface area contributed by atoms with E-state index in [9.17, 15) is 9.59 Å². The molecule has 4 rings (SSSR count). The molecule has 32 heavy (non-hydrogen) atoms. The first-order chi connectivity index (χ1) is 15.6. The molecule has 0 unspecified atom stereocenters. The second-order valence-electron chi connectivity index (χ2n) is 7.66. The zero-order valence-corrected chi connectivity index (χ0v) is 18.3. The van der Waals surface area contributed by atoms with Crippen LogP contribution in [0.1, 0.15) is 46.9 Å². The van der Waals surface area contributed by atoms with Gasteiger partial charge in [-0.05, 0) is 67.2 Å². The number of amides is 1. The van der Waals surface area contributed by atoms with E-state index in [-0.39, 0.29) is 12.5 Å². The number of para-hydroxylation sites is 1. The van der Waals surface area contributed by atoms with E-state index in [1.165, 1.54) is 0 Å². The lowest BCUT2D eigenvalue weighted by molar-refractivity contribution is -0.124. The maximum Gasteiger partial charge on any atom is 0.339 e. The van der Waals surface area contributed by atoms with E-state index in [2.05, 4.69) is 11.4 Å². The molecule has 0 atom stereocenters. The minimum absolute atomic E-state index is 0.299. The number of nitrogens with one attached hydrogen (secondary N) is 1. The Hall–Kier alpha value is -3.67. The number of aromatic nitrogens is 1. The molecule has 6 heteroatoms. The van der Waals surface area contributed by atoms with Crippen molar-refractivity contribution in [3.8, 4) is 5.75 Å². The van der Waals surface area contributed by atoms with Crippen molar-refractivity contribution in [1.82, 2.24) is 10.3 Å². The predicted molar refractivity (Wildman–Crippen MR) is 125 cm³/mol. The molecule has 3 aromatic rings. The van der Waals surface area contributed by atoms with Crippen molar-refractivity contribution >= 4 is 34.4 Å². The summed E-state index contributed by atoms with van der Waals surface area (Å²) < 4.78 is 10.6. The molecule has 1 aromatic heterocycles. The van der Waals surface area contributed by atoms with E-state index in [4.69, 9.17) is 14.5 Å². The van der Waals surface area contributed by atoms with Crippen LogP contribution in [-0.4, -0.2) is 37.1 Å². The molecular weight excluding hydrogens is 404 g/mol. The van der Waals surface area contributed by atoms with E-state index in [0.717, 1.165) is 58.3 Å². The number of pyridine rings is 1. The molecule has 1 aliphatic carbocycles. The highest BCUT2D eigenvalue weighted by atomic mass is 16.5. The lowest BCUT2D eigenvalue weighted by Gasteiger charge is -2.22. The number of rotatable bonds is 6. The Morgan fingerprint density at radius 3 is 2.62 bits per heavy atom. The van der Waals surface area contributed by atoms with Crippen molar-refractivity contribution in [3.63, 3.8) is 0 Å². The van der Waals surface area contributed by atoms with Crippen molar-refractivity contribution in [2.45, 2.75) is 26.2 Å². The third-order valence-electron chi connectivity index (χ3n) is 5.54. The van der Waals surface area contributed by atoms with Crippen molar-refractivity contribution in [3.05, 3.63) is 70.9 Å². The van der Waals surface area contributed by atoms with Crippen LogP contribution in [0.25, 0.3) is 22.6 Å². The molecule has 0 fully saturated rings. The average molecular weight is 431 g/mol. The molecule has 0 bridgehead atoms. The minimum atomic E-state index is -0.489. The van der Waals surface area contributed by atoms with E-state index >= 15 is 0 Å². The molecule has 1 aliphatic rings. The van der Waals surface area contributed by atoms with Crippen LogP contribution in [0, 0.1) is 0 Å². The van der Waals surface area contributed by atoms with E-state index in [1.807, 2.05) is 55.5 Å². The Kier molecular flexibility index (Phi) is 6.50. The van der Waals surface area contributed by atoms with Crippen molar-refractivity contribution in [2.24, 2.45) is 0 Å². The van der Waals surface area contributed by atoms with Crippen LogP contribution in [0.3, 0.4) is 0 Å². The van der Waals surface area contributed by atoms with Gasteiger partial charge >= 0.3 is 5.97 Å². The highest BCUT2D eigenvalue weighted by molar-refractivity contribution is 6.07. The molecule has 0 saturated heterocycles. The minimum Gasteiger partial charge on any atom is -0.497 e. The lowest BCUT2D eigenvalue weighted by Crippen LogP contribution is -2.28. The van der Waals surface area contributed by atoms with Crippen molar-refractivity contribution in [1.29, 1.82) is 0 Å². The first-order valence-corrected chi connectivity index (χ1v) is 10.8. The summed E-state index contributed by atoms with van der Waals surface area (Å²) in [6.45, 7) is 2.01. The quantitative estimate of drug-likeness (QED) is 0.586. The fourth-order valence-corrected chi connectivity index (χ4v) is 4.06. The van der Waals surface area contributed by atoms with E-state index < -0.39 is 5.97 Å². The number of likely N-dealkylation sites (N-methyl/N-ethyl adjacent to an activating group) is 1. The molecule has 1 N–H and O–H groups in total. The van der Waals surface area contributed by atoms with Gasteiger partial charge in [0, 0.05) is 11.9 Å². The van der Waals surface area contributed by atoms with Gasteiger partial charge < -0.3 is 14.8 Å². The number of esters is 1. The molecular formula is C26H26N2O4. The van der Waals surface area contributed by atoms with Gasteiger partial charge in [0.1, 0.15) is 5.75 Å². The maximum atomic E-state index is 13.1. The summed E-state index contributed by atoms with van der Waals surface area (Å²) in [5, 5.41) is 3.40. The summed E-state index contributed by atoms with van der Waals surface area (Å²) in [5.74, 6) is 0.00225. The van der Waals surface area contributed by atoms with Crippen LogP contribution < -0.4 is 10.1 Å². The summed E-state index contributed by atoms with van der Waals surface area (Å²) in [4.78, 5) is 29.8. The van der Waals surface area contributed by atoms with Crippen molar-refractivity contribution in [2.75, 3.05) is 20.3 Å². The monoisotopic (exact) mass is 430 g/mol. The Balaban J connectivity index is 1.77. The number of carbonyl (C=O) groups is 2. The summed E-state index contributed by atoms with van der Waals surface area (Å²) in [7, 11) is 1.65. The number of hydrogen-bond donors (Lipinski definition) is 1. The van der Waals surface area contributed by atoms with Gasteiger partial charge in [-0.1, -0.05) is 30.3 Å². The smallest absolute Gasteiger partial charge is 0.339 e. The summed E-state index contributed by atoms with van der Waals surface area (Å²) in [6, 6.07) is 15.4. The van der Waals surface area contributed by atoms with Gasteiger partial charge in [0.2, 0.25) is 0 Å². The number of allylic oxidation sites excluding steroid dienone is 1. The van der Waals surface area contributed by atoms with Crippen LogP contribution >= 0.6 is 0 Å². The van der Waals surface area contributed by atoms with Gasteiger partial charge in [0.05, 0.1) is 23.9 Å². The predicted octanol–water partition coefficient (Wildman–Crippen LogP) is 4.41. The third-order valence-corrected chi connectivity index (χ3v) is 5.54. The number of hydrogen-bond acceptors (Lipinski definition) is 5. The standard InChI is InChI=1S/C26H26N2O4/c1-3-27-23(29)16-32-26(30)24-20-8-4-5-10-22(20)28-25-18(7-6-9-21(24)25)15-17-11-13-19(31-2)14-12-17/h4-5,8,10-15H,3,6-7,9,16H2,1-2H3,(H,27,29)/b18-15+. The number of ether oxygens (including phenoxy) is 2. The molecule has 1 heterocycles. The largest absolute Gasteiger partial charge is 0.497 e. The van der Waals surface area contributed by atoms with Gasteiger partial charge in [-0.2, -0.15) is 0 Å². The molecule has 0 spiro atoms. The molecule has 0 aliphatic heterocycles. The molecule has 0 saturated carbocycles. The van der Waals surface area contributed by atoms with E-state index in [0.29, 0.717) is 12.1 Å². The highest BCUT2D eigenvalue weighted by Crippen LogP contribution is 2.36. The zero-order chi connectivity index (χ0) is 22.5. The first-order valence-electron chi connectivity index (χ1n) is 10.8. The highest BCUT2D eigenvalue weighted by Gasteiger charge is 2.26. The van der Waals surface area contributed by atoms with Gasteiger partial charge in [-0.25, -0.2) is 9.78 Å². The SMILES string of the molecule is CCNC(=O)COC(=O)c1c2c(nc3ccccc13)/C(=C/c1ccc(OC)cc1)CCC2. The van der Waals surface area contributed by atoms with Gasteiger partial charge in [-0.3, -0.25) is 4.79 Å². The summed E-state index contributed by atoms with van der Waals surface area (Å²) in [6.07, 6.45) is 4.63. The topological polar surface area (TPSA) is 77.5 Å². The van der Waals surface area contributed by atoms with E-state index in [1.54, 1.807) is 7.11 Å². The van der Waals surface area contributed by atoms with Crippen LogP contribution in [0.4, 0.5) is 0 Å². The Morgan fingerprint density at radius 1 is 1.09 bits per heavy atom. The maximum absolute atomic E-state index is 13.1. The van der Waals surface area contributed by atoms with Crippen LogP contribution in [0.5, 0.6) is 5.75 Å². The second-order valence-corrected chi connectivity index (χ2v) is 7.66. The van der Waals surface area contributed by atoms with Gasteiger partial charge in [0.25, 0.3) is 5.91 Å². The molecule has 1 amide bonds. The summed E-state index contributed by atoms with van der Waals surface area (Å²) >= 11 is 0. The molecule has 2 aromatic carbocycles. The zero-order valence-electron chi connectivity index (χ0n) is 18.3. The normalized spacial score (nSPS) is 14.1.